The molecular weight excluding hydrogens is 479 g/mol. The number of alkyl halides is 3. The highest BCUT2D eigenvalue weighted by Gasteiger charge is 2.30. The Morgan fingerprint density at radius 3 is 2.47 bits per heavy atom. The number of ether oxygens (including phenoxy) is 2. The summed E-state index contributed by atoms with van der Waals surface area (Å²) in [5.41, 5.74) is 6.77. The van der Waals surface area contributed by atoms with Gasteiger partial charge in [0.1, 0.15) is 18.7 Å². The number of rotatable bonds is 8. The van der Waals surface area contributed by atoms with E-state index in [0.717, 1.165) is 17.7 Å². The van der Waals surface area contributed by atoms with Gasteiger partial charge >= 0.3 is 6.18 Å². The van der Waals surface area contributed by atoms with E-state index < -0.39 is 11.7 Å². The summed E-state index contributed by atoms with van der Waals surface area (Å²) >= 11 is 0. The Morgan fingerprint density at radius 2 is 1.83 bits per heavy atom. The monoisotopic (exact) mass is 499 g/mol. The zero-order valence-corrected chi connectivity index (χ0v) is 18.8. The van der Waals surface area contributed by atoms with Crippen molar-refractivity contribution in [2.45, 2.75) is 12.8 Å². The van der Waals surface area contributed by atoms with Gasteiger partial charge in [0.25, 0.3) is 0 Å². The molecule has 0 unspecified atom stereocenters. The summed E-state index contributed by atoms with van der Waals surface area (Å²) in [7, 11) is 1.57. The van der Waals surface area contributed by atoms with Crippen LogP contribution in [0.5, 0.6) is 11.5 Å². The zero-order valence-electron chi connectivity index (χ0n) is 18.8. The normalized spacial score (nSPS) is 11.8. The van der Waals surface area contributed by atoms with E-state index in [2.05, 4.69) is 25.5 Å². The van der Waals surface area contributed by atoms with Crippen molar-refractivity contribution in [3.05, 3.63) is 83.9 Å². The number of aromatic nitrogens is 4. The zero-order chi connectivity index (χ0) is 25.7. The van der Waals surface area contributed by atoms with Crippen molar-refractivity contribution in [1.29, 1.82) is 0 Å². The molecule has 4 rings (SSSR count). The third-order valence-corrected chi connectivity index (χ3v) is 4.96. The molecule has 0 aliphatic heterocycles. The standard InChI is InChI=1S/C23H20F3N7O3/c1-35-18-8-2-14(3-9-18)12-36-19-10-16(11-28-20(19)21(27)32-34)30-22-29-13-33(31-22)17-6-4-15(5-7-17)23(24,25)26/h2-11,13,34H,12H2,1H3,(H2,27,32)(H,30,31). The molecule has 0 radical (unpaired) electrons. The maximum atomic E-state index is 12.8. The fraction of sp³-hybridized carbons (Fsp3) is 0.130. The molecule has 0 fully saturated rings. The van der Waals surface area contributed by atoms with Gasteiger partial charge in [0.05, 0.1) is 30.2 Å². The summed E-state index contributed by atoms with van der Waals surface area (Å²) < 4.78 is 50.7. The molecule has 36 heavy (non-hydrogen) atoms. The molecule has 0 saturated carbocycles. The van der Waals surface area contributed by atoms with Crippen LogP contribution in [0.3, 0.4) is 0 Å². The summed E-state index contributed by atoms with van der Waals surface area (Å²) in [6, 6.07) is 13.3. The number of pyridine rings is 1. The highest BCUT2D eigenvalue weighted by atomic mass is 19.4. The second-order valence-electron chi connectivity index (χ2n) is 7.38. The molecule has 0 aliphatic rings. The number of anilines is 2. The van der Waals surface area contributed by atoms with E-state index in [1.165, 1.54) is 29.3 Å². The second-order valence-corrected chi connectivity index (χ2v) is 7.38. The first-order valence-electron chi connectivity index (χ1n) is 10.4. The topological polar surface area (TPSA) is 133 Å². The lowest BCUT2D eigenvalue weighted by molar-refractivity contribution is -0.137. The fourth-order valence-corrected chi connectivity index (χ4v) is 3.12. The molecule has 0 bridgehead atoms. The van der Waals surface area contributed by atoms with Crippen LogP contribution in [-0.4, -0.2) is 37.9 Å². The van der Waals surface area contributed by atoms with Crippen LogP contribution in [0.4, 0.5) is 24.8 Å². The van der Waals surface area contributed by atoms with Gasteiger partial charge in [-0.05, 0) is 42.0 Å². The summed E-state index contributed by atoms with van der Waals surface area (Å²) in [4.78, 5) is 8.31. The molecule has 10 nitrogen and oxygen atoms in total. The molecule has 13 heteroatoms. The van der Waals surface area contributed by atoms with Gasteiger partial charge < -0.3 is 25.7 Å². The van der Waals surface area contributed by atoms with Gasteiger partial charge in [-0.15, -0.1) is 5.10 Å². The third kappa shape index (κ3) is 5.63. The molecule has 186 valence electrons. The van der Waals surface area contributed by atoms with Crippen molar-refractivity contribution in [2.75, 3.05) is 12.4 Å². The first-order chi connectivity index (χ1) is 17.3. The van der Waals surface area contributed by atoms with Gasteiger partial charge in [0.15, 0.2) is 17.3 Å². The Morgan fingerprint density at radius 1 is 1.11 bits per heavy atom. The summed E-state index contributed by atoms with van der Waals surface area (Å²) in [5, 5.41) is 19.2. The smallest absolute Gasteiger partial charge is 0.416 e. The Kier molecular flexibility index (Phi) is 6.90. The van der Waals surface area contributed by atoms with Crippen molar-refractivity contribution >= 4 is 17.5 Å². The van der Waals surface area contributed by atoms with Crippen LogP contribution in [0.2, 0.25) is 0 Å². The van der Waals surface area contributed by atoms with Gasteiger partial charge in [-0.3, -0.25) is 0 Å². The minimum Gasteiger partial charge on any atom is -0.497 e. The van der Waals surface area contributed by atoms with Crippen molar-refractivity contribution in [1.82, 2.24) is 19.7 Å². The van der Waals surface area contributed by atoms with Crippen LogP contribution >= 0.6 is 0 Å². The van der Waals surface area contributed by atoms with Crippen molar-refractivity contribution in [2.24, 2.45) is 10.9 Å². The van der Waals surface area contributed by atoms with Crippen molar-refractivity contribution in [3.8, 4) is 17.2 Å². The van der Waals surface area contributed by atoms with Crippen molar-refractivity contribution in [3.63, 3.8) is 0 Å². The van der Waals surface area contributed by atoms with Gasteiger partial charge in [-0.1, -0.05) is 17.3 Å². The van der Waals surface area contributed by atoms with Crippen LogP contribution in [0.15, 0.2) is 72.3 Å². The Hall–Kier alpha value is -4.81. The van der Waals surface area contributed by atoms with Crippen LogP contribution in [0.25, 0.3) is 5.69 Å². The predicted molar refractivity (Wildman–Crippen MR) is 124 cm³/mol. The quantitative estimate of drug-likeness (QED) is 0.143. The number of amidine groups is 1. The van der Waals surface area contributed by atoms with Crippen LogP contribution < -0.4 is 20.5 Å². The van der Waals surface area contributed by atoms with Gasteiger partial charge in [0, 0.05) is 6.07 Å². The van der Waals surface area contributed by atoms with Gasteiger partial charge in [-0.2, -0.15) is 18.2 Å². The number of nitrogens with zero attached hydrogens (tertiary/aromatic N) is 5. The van der Waals surface area contributed by atoms with E-state index in [1.807, 2.05) is 12.1 Å². The summed E-state index contributed by atoms with van der Waals surface area (Å²) in [6.45, 7) is 0.168. The fourth-order valence-electron chi connectivity index (χ4n) is 3.12. The highest BCUT2D eigenvalue weighted by molar-refractivity contribution is 5.98. The number of nitrogens with one attached hydrogen (secondary N) is 1. The molecule has 4 N–H and O–H groups in total. The molecular formula is C23H20F3N7O3. The SMILES string of the molecule is COc1ccc(COc2cc(Nc3ncn(-c4ccc(C(F)(F)F)cc4)n3)cnc2C(N)=NO)cc1. The first-order valence-corrected chi connectivity index (χ1v) is 10.4. The number of hydrogen-bond acceptors (Lipinski definition) is 8. The Labute approximate surface area is 202 Å². The second kappa shape index (κ2) is 10.2. The summed E-state index contributed by atoms with van der Waals surface area (Å²) in [6.07, 6.45) is -1.67. The first kappa shape index (κ1) is 24.3. The minimum atomic E-state index is -4.43. The number of nitrogens with two attached hydrogens (primary N) is 1. The number of oxime groups is 1. The van der Waals surface area contributed by atoms with E-state index in [0.29, 0.717) is 17.1 Å². The molecule has 2 aromatic heterocycles. The van der Waals surface area contributed by atoms with E-state index in [9.17, 15) is 13.2 Å². The van der Waals surface area contributed by atoms with Gasteiger partial charge in [-0.25, -0.2) is 9.67 Å². The highest BCUT2D eigenvalue weighted by Crippen LogP contribution is 2.30. The molecule has 4 aromatic rings. The molecule has 2 heterocycles. The maximum absolute atomic E-state index is 12.8. The Bertz CT molecular complexity index is 1350. The van der Waals surface area contributed by atoms with Crippen LogP contribution in [0, 0.1) is 0 Å². The molecule has 0 amide bonds. The lowest BCUT2D eigenvalue weighted by Gasteiger charge is -2.12. The average molecular weight is 499 g/mol. The lowest BCUT2D eigenvalue weighted by atomic mass is 10.2. The van der Waals surface area contributed by atoms with E-state index in [4.69, 9.17) is 20.4 Å². The van der Waals surface area contributed by atoms with E-state index >= 15 is 0 Å². The van der Waals surface area contributed by atoms with Crippen LogP contribution in [0.1, 0.15) is 16.8 Å². The number of methoxy groups -OCH3 is 1. The average Bonchev–Trinajstić information content (AvgIpc) is 3.35. The molecule has 0 saturated heterocycles. The minimum absolute atomic E-state index is 0.125. The molecule has 2 aromatic carbocycles. The van der Waals surface area contributed by atoms with Gasteiger partial charge in [0.2, 0.25) is 5.95 Å². The lowest BCUT2D eigenvalue weighted by Crippen LogP contribution is -2.17. The van der Waals surface area contributed by atoms with E-state index in [-0.39, 0.29) is 29.8 Å². The molecule has 0 aliphatic carbocycles. The Balaban J connectivity index is 1.51. The molecule has 0 atom stereocenters. The maximum Gasteiger partial charge on any atom is 0.416 e. The number of hydrogen-bond donors (Lipinski definition) is 3. The largest absolute Gasteiger partial charge is 0.497 e. The van der Waals surface area contributed by atoms with Crippen LogP contribution in [-0.2, 0) is 12.8 Å². The number of halogens is 3. The summed E-state index contributed by atoms with van der Waals surface area (Å²) in [5.74, 6) is 0.853. The number of benzene rings is 2. The van der Waals surface area contributed by atoms with Crippen molar-refractivity contribution < 1.29 is 27.9 Å². The third-order valence-electron chi connectivity index (χ3n) is 4.96. The van der Waals surface area contributed by atoms with E-state index in [1.54, 1.807) is 25.3 Å². The molecule has 0 spiro atoms. The predicted octanol–water partition coefficient (Wildman–Crippen LogP) is 4.11.